The summed E-state index contributed by atoms with van der Waals surface area (Å²) in [5, 5.41) is 15.4. The van der Waals surface area contributed by atoms with Gasteiger partial charge in [-0.05, 0) is 60.7 Å². The molecule has 4 aromatic carbocycles. The number of nitrogens with zero attached hydrogens (tertiary/aromatic N) is 3. The third-order valence-electron chi connectivity index (χ3n) is 10.4. The van der Waals surface area contributed by atoms with Gasteiger partial charge in [0.25, 0.3) is 17.7 Å². The molecular formula is C42H41Cl3N4O8. The highest BCUT2D eigenvalue weighted by Crippen LogP contribution is 2.35. The first-order valence-electron chi connectivity index (χ1n) is 18.7. The van der Waals surface area contributed by atoms with E-state index in [-0.39, 0.29) is 65.5 Å². The Hall–Kier alpha value is -4.85. The van der Waals surface area contributed by atoms with Gasteiger partial charge in [-0.25, -0.2) is 0 Å². The van der Waals surface area contributed by atoms with Crippen molar-refractivity contribution in [3.05, 3.63) is 122 Å². The van der Waals surface area contributed by atoms with Crippen LogP contribution in [0.15, 0.2) is 84.9 Å². The van der Waals surface area contributed by atoms with E-state index in [1.54, 1.807) is 29.2 Å². The second-order valence-electron chi connectivity index (χ2n) is 14.2. The van der Waals surface area contributed by atoms with Gasteiger partial charge in [-0.2, -0.15) is 0 Å². The number of carbonyl (C=O) groups is 4. The Morgan fingerprint density at radius 1 is 0.842 bits per heavy atom. The quantitative estimate of drug-likeness (QED) is 0.109. The van der Waals surface area contributed by atoms with Crippen LogP contribution in [0.4, 0.5) is 0 Å². The van der Waals surface area contributed by atoms with Crippen LogP contribution < -0.4 is 19.5 Å². The smallest absolute Gasteiger partial charge is 0.261 e. The zero-order valence-electron chi connectivity index (χ0n) is 30.9. The van der Waals surface area contributed by atoms with E-state index in [4.69, 9.17) is 49.0 Å². The molecule has 3 aliphatic rings. The van der Waals surface area contributed by atoms with Crippen molar-refractivity contribution in [2.45, 2.75) is 50.4 Å². The van der Waals surface area contributed by atoms with Crippen molar-refractivity contribution < 1.29 is 38.5 Å². The highest BCUT2D eigenvalue weighted by molar-refractivity contribution is 6.43. The molecule has 7 rings (SSSR count). The Kier molecular flexibility index (Phi) is 12.9. The number of ether oxygens (including phenoxy) is 3. The second kappa shape index (κ2) is 18.2. The van der Waals surface area contributed by atoms with Crippen LogP contribution in [0.5, 0.6) is 17.2 Å². The molecule has 15 heteroatoms. The normalized spacial score (nSPS) is 16.3. The Labute approximate surface area is 345 Å². The van der Waals surface area contributed by atoms with Gasteiger partial charge >= 0.3 is 0 Å². The number of amides is 4. The van der Waals surface area contributed by atoms with Crippen LogP contribution in [0.3, 0.4) is 0 Å². The van der Waals surface area contributed by atoms with Crippen molar-refractivity contribution in [1.29, 1.82) is 0 Å². The maximum Gasteiger partial charge on any atom is 0.261 e. The Bertz CT molecular complexity index is 2100. The van der Waals surface area contributed by atoms with Crippen LogP contribution in [0, 0.1) is 0 Å². The lowest BCUT2D eigenvalue weighted by Gasteiger charge is -2.40. The molecule has 3 heterocycles. The lowest BCUT2D eigenvalue weighted by Crippen LogP contribution is -2.55. The summed E-state index contributed by atoms with van der Waals surface area (Å²) in [5.74, 6) is -0.131. The summed E-state index contributed by atoms with van der Waals surface area (Å²) in [7, 11) is 0. The van der Waals surface area contributed by atoms with Crippen molar-refractivity contribution in [2.24, 2.45) is 0 Å². The summed E-state index contributed by atoms with van der Waals surface area (Å²) >= 11 is 18.4. The predicted octanol–water partition coefficient (Wildman–Crippen LogP) is 6.02. The average molecular weight is 836 g/mol. The van der Waals surface area contributed by atoms with Crippen LogP contribution >= 0.6 is 34.8 Å². The highest BCUT2D eigenvalue weighted by atomic mass is 35.5. The maximum absolute atomic E-state index is 14.2. The molecule has 1 saturated heterocycles. The van der Waals surface area contributed by atoms with Crippen LogP contribution in [-0.2, 0) is 22.6 Å². The number of benzene rings is 4. The summed E-state index contributed by atoms with van der Waals surface area (Å²) in [4.78, 5) is 58.9. The Morgan fingerprint density at radius 3 is 2.23 bits per heavy atom. The number of carbonyl (C=O) groups excluding carboxylic acids is 4. The van der Waals surface area contributed by atoms with Crippen molar-refractivity contribution in [3.63, 3.8) is 0 Å². The van der Waals surface area contributed by atoms with E-state index in [1.165, 1.54) is 12.1 Å². The summed E-state index contributed by atoms with van der Waals surface area (Å²) in [6.07, 6.45) is 0.141. The minimum atomic E-state index is -1.21. The molecule has 0 aromatic heterocycles. The van der Waals surface area contributed by atoms with Gasteiger partial charge < -0.3 is 29.5 Å². The van der Waals surface area contributed by atoms with Crippen LogP contribution in [-0.4, -0.2) is 101 Å². The lowest BCUT2D eigenvalue weighted by molar-refractivity contribution is -0.137. The first kappa shape index (κ1) is 40.4. The number of aliphatic hydroxyl groups excluding tert-OH is 1. The van der Waals surface area contributed by atoms with Crippen molar-refractivity contribution >= 4 is 58.4 Å². The Balaban J connectivity index is 1.06. The molecule has 12 nitrogen and oxygen atoms in total. The molecule has 0 saturated carbocycles. The van der Waals surface area contributed by atoms with E-state index in [1.807, 2.05) is 48.5 Å². The van der Waals surface area contributed by atoms with Crippen LogP contribution in [0.1, 0.15) is 51.1 Å². The van der Waals surface area contributed by atoms with Gasteiger partial charge in [-0.1, -0.05) is 83.3 Å². The monoisotopic (exact) mass is 834 g/mol. The first-order valence-corrected chi connectivity index (χ1v) is 19.8. The molecule has 0 radical (unpaired) electrons. The van der Waals surface area contributed by atoms with Crippen molar-refractivity contribution in [2.75, 3.05) is 39.6 Å². The molecule has 2 atom stereocenters. The molecule has 0 bridgehead atoms. The number of aliphatic hydroxyl groups is 1. The summed E-state index contributed by atoms with van der Waals surface area (Å²) in [5.41, 5.74) is 2.55. The minimum absolute atomic E-state index is 0.106. The zero-order valence-corrected chi connectivity index (χ0v) is 33.1. The molecule has 57 heavy (non-hydrogen) atoms. The molecule has 0 spiro atoms. The minimum Gasteiger partial charge on any atom is -0.482 e. The van der Waals surface area contributed by atoms with Gasteiger partial charge in [-0.3, -0.25) is 29.0 Å². The van der Waals surface area contributed by atoms with E-state index in [2.05, 4.69) is 10.2 Å². The number of fused-ring (bicyclic) bond motifs is 2. The third-order valence-corrected chi connectivity index (χ3v) is 11.4. The fourth-order valence-electron chi connectivity index (χ4n) is 7.42. The predicted molar refractivity (Wildman–Crippen MR) is 214 cm³/mol. The number of halogens is 3. The number of nitrogens with one attached hydrogen (secondary N) is 1. The maximum atomic E-state index is 14.2. The van der Waals surface area contributed by atoms with Gasteiger partial charge in [0.1, 0.15) is 5.75 Å². The van der Waals surface area contributed by atoms with E-state index < -0.39 is 36.5 Å². The van der Waals surface area contributed by atoms with Crippen molar-refractivity contribution in [3.8, 4) is 17.2 Å². The summed E-state index contributed by atoms with van der Waals surface area (Å²) in [6.45, 7) is 1.59. The molecule has 4 amide bonds. The fraction of sp³-hybridized carbons (Fsp3) is 0.333. The van der Waals surface area contributed by atoms with Gasteiger partial charge in [-0.15, -0.1) is 0 Å². The van der Waals surface area contributed by atoms with E-state index in [9.17, 15) is 24.3 Å². The van der Waals surface area contributed by atoms with Crippen LogP contribution in [0.2, 0.25) is 15.1 Å². The molecule has 2 N–H and O–H groups in total. The van der Waals surface area contributed by atoms with E-state index in [0.717, 1.165) is 21.8 Å². The summed E-state index contributed by atoms with van der Waals surface area (Å²) < 4.78 is 16.7. The number of likely N-dealkylation sites (tertiary alicyclic amines) is 1. The largest absolute Gasteiger partial charge is 0.482 e. The lowest BCUT2D eigenvalue weighted by atomic mass is 9.97. The second-order valence-corrected chi connectivity index (χ2v) is 15.4. The number of hydrogen-bond acceptors (Lipinski definition) is 9. The molecule has 0 aliphatic carbocycles. The SMILES string of the molecule is O=C(COc1cc(Cl)c(Cl)cc1Cl)NC(Cc1ccccc1)C(O)CN(C(=O)CCN1C(=O)c2ccccc2C1=O)C1CCN(Cc2ccc3c(c2)OCO3)CC1. The summed E-state index contributed by atoms with van der Waals surface area (Å²) in [6, 6.07) is 23.6. The molecule has 4 aromatic rings. The van der Waals surface area contributed by atoms with Gasteiger partial charge in [0, 0.05) is 51.3 Å². The number of imide groups is 1. The standard InChI is InChI=1S/C42H41Cl3N4O8/c43-31-20-33(45)37(21-32(31)44)55-24-39(51)46-34(18-26-6-2-1-3-7-26)35(50)23-49(40(52)14-17-48-41(53)29-8-4-5-9-30(29)42(48)54)28-12-15-47(16-13-28)22-27-10-11-36-38(19-27)57-25-56-36/h1-11,19-21,28,34-35,50H,12-18,22-25H2,(H,46,51). The van der Waals surface area contributed by atoms with E-state index >= 15 is 0 Å². The van der Waals surface area contributed by atoms with Crippen LogP contribution in [0.25, 0.3) is 0 Å². The van der Waals surface area contributed by atoms with E-state index in [0.29, 0.717) is 49.4 Å². The molecule has 3 aliphatic heterocycles. The zero-order chi connectivity index (χ0) is 40.1. The van der Waals surface area contributed by atoms with Gasteiger partial charge in [0.15, 0.2) is 18.1 Å². The average Bonchev–Trinajstić information content (AvgIpc) is 3.78. The highest BCUT2D eigenvalue weighted by Gasteiger charge is 2.37. The number of hydrogen-bond donors (Lipinski definition) is 2. The number of piperidine rings is 1. The van der Waals surface area contributed by atoms with Gasteiger partial charge in [0.05, 0.1) is 38.3 Å². The van der Waals surface area contributed by atoms with Gasteiger partial charge in [0.2, 0.25) is 12.7 Å². The van der Waals surface area contributed by atoms with Crippen molar-refractivity contribution in [1.82, 2.24) is 20.0 Å². The molecule has 1 fully saturated rings. The molecular weight excluding hydrogens is 795 g/mol. The molecule has 2 unspecified atom stereocenters. The third kappa shape index (κ3) is 9.65. The topological polar surface area (TPSA) is 138 Å². The fourth-order valence-corrected chi connectivity index (χ4v) is 8.01. The number of rotatable bonds is 15. The Morgan fingerprint density at radius 2 is 1.51 bits per heavy atom. The first-order chi connectivity index (χ1) is 27.5. The molecule has 298 valence electrons.